The van der Waals surface area contributed by atoms with E-state index in [1.807, 2.05) is 29.6 Å². The molecule has 0 bridgehead atoms. The normalized spacial score (nSPS) is 16.6. The van der Waals surface area contributed by atoms with Gasteiger partial charge in [0, 0.05) is 25.7 Å². The summed E-state index contributed by atoms with van der Waals surface area (Å²) in [6.45, 7) is 4.79. The highest BCUT2D eigenvalue weighted by molar-refractivity contribution is 7.17. The van der Waals surface area contributed by atoms with Gasteiger partial charge < -0.3 is 14.8 Å². The van der Waals surface area contributed by atoms with Crippen molar-refractivity contribution >= 4 is 39.1 Å². The molecular weight excluding hydrogens is 400 g/mol. The number of anilines is 1. The van der Waals surface area contributed by atoms with Crippen molar-refractivity contribution in [3.8, 4) is 0 Å². The van der Waals surface area contributed by atoms with E-state index in [2.05, 4.69) is 23.8 Å². The number of benzene rings is 1. The molecule has 1 aliphatic rings. The van der Waals surface area contributed by atoms with Gasteiger partial charge in [0.2, 0.25) is 11.8 Å². The second-order valence-electron chi connectivity index (χ2n) is 7.99. The van der Waals surface area contributed by atoms with Gasteiger partial charge in [-0.25, -0.2) is 4.98 Å². The van der Waals surface area contributed by atoms with Gasteiger partial charge in [-0.05, 0) is 35.1 Å². The number of amides is 2. The largest absolute Gasteiger partial charge is 0.338 e. The van der Waals surface area contributed by atoms with E-state index < -0.39 is 5.92 Å². The zero-order valence-corrected chi connectivity index (χ0v) is 18.0. The Kier molecular flexibility index (Phi) is 5.42. The SMILES string of the molecule is CC(C)c1ccc(N2CC(C(=O)N(C)Cc3nc4ccsc4c(=O)[nH]3)CC2=O)cc1. The van der Waals surface area contributed by atoms with Gasteiger partial charge in [-0.2, -0.15) is 0 Å². The van der Waals surface area contributed by atoms with Crippen molar-refractivity contribution in [3.63, 3.8) is 0 Å². The van der Waals surface area contributed by atoms with E-state index in [-0.39, 0.29) is 30.3 Å². The van der Waals surface area contributed by atoms with Crippen LogP contribution in [0.2, 0.25) is 0 Å². The number of hydrogen-bond acceptors (Lipinski definition) is 5. The molecule has 1 saturated heterocycles. The number of aromatic nitrogens is 2. The van der Waals surface area contributed by atoms with E-state index in [0.29, 0.717) is 28.5 Å². The number of carbonyl (C=O) groups excluding carboxylic acids is 2. The minimum Gasteiger partial charge on any atom is -0.338 e. The topological polar surface area (TPSA) is 86.4 Å². The van der Waals surface area contributed by atoms with Crippen molar-refractivity contribution in [2.24, 2.45) is 5.92 Å². The Bertz CT molecular complexity index is 1150. The van der Waals surface area contributed by atoms with Crippen LogP contribution < -0.4 is 10.5 Å². The van der Waals surface area contributed by atoms with E-state index in [1.54, 1.807) is 18.0 Å². The minimum absolute atomic E-state index is 0.0507. The van der Waals surface area contributed by atoms with Gasteiger partial charge in [0.05, 0.1) is 18.0 Å². The molecule has 30 heavy (non-hydrogen) atoms. The van der Waals surface area contributed by atoms with E-state index in [1.165, 1.54) is 21.8 Å². The van der Waals surface area contributed by atoms with Gasteiger partial charge in [-0.15, -0.1) is 11.3 Å². The van der Waals surface area contributed by atoms with Gasteiger partial charge in [0.15, 0.2) is 0 Å². The van der Waals surface area contributed by atoms with Crippen LogP contribution in [0.15, 0.2) is 40.5 Å². The van der Waals surface area contributed by atoms with E-state index in [9.17, 15) is 14.4 Å². The molecule has 1 unspecified atom stereocenters. The summed E-state index contributed by atoms with van der Waals surface area (Å²) >= 11 is 1.34. The van der Waals surface area contributed by atoms with Crippen molar-refractivity contribution in [2.45, 2.75) is 32.7 Å². The third-order valence-corrected chi connectivity index (χ3v) is 6.38. The highest BCUT2D eigenvalue weighted by Crippen LogP contribution is 2.28. The standard InChI is InChI=1S/C22H24N4O3S/c1-13(2)14-4-6-16(7-5-14)26-11-15(10-19(26)27)22(29)25(3)12-18-23-17-8-9-30-20(17)21(28)24-18/h4-9,13,15H,10-12H2,1-3H3,(H,23,24,28). The molecule has 156 valence electrons. The molecule has 8 heteroatoms. The van der Waals surface area contributed by atoms with Crippen LogP contribution in [0.25, 0.3) is 10.2 Å². The molecule has 0 aliphatic carbocycles. The predicted octanol–water partition coefficient (Wildman–Crippen LogP) is 3.12. The number of nitrogens with one attached hydrogen (secondary N) is 1. The Balaban J connectivity index is 1.45. The molecule has 3 aromatic rings. The summed E-state index contributed by atoms with van der Waals surface area (Å²) in [6.07, 6.45) is 0.183. The average Bonchev–Trinajstić information content (AvgIpc) is 3.34. The van der Waals surface area contributed by atoms with Crippen LogP contribution in [0, 0.1) is 5.92 Å². The number of hydrogen-bond donors (Lipinski definition) is 1. The molecule has 0 saturated carbocycles. The molecule has 2 amide bonds. The maximum Gasteiger partial charge on any atom is 0.268 e. The van der Waals surface area contributed by atoms with Gasteiger partial charge in [0.1, 0.15) is 10.5 Å². The van der Waals surface area contributed by atoms with Crippen LogP contribution in [-0.2, 0) is 16.1 Å². The Labute approximate surface area is 178 Å². The van der Waals surface area contributed by atoms with Crippen molar-refractivity contribution in [1.29, 1.82) is 0 Å². The number of nitrogens with zero attached hydrogens (tertiary/aromatic N) is 3. The van der Waals surface area contributed by atoms with Gasteiger partial charge in [0.25, 0.3) is 5.56 Å². The van der Waals surface area contributed by atoms with Crippen LogP contribution >= 0.6 is 11.3 Å². The Hall–Kier alpha value is -3.00. The predicted molar refractivity (Wildman–Crippen MR) is 118 cm³/mol. The monoisotopic (exact) mass is 424 g/mol. The molecule has 1 aliphatic heterocycles. The maximum absolute atomic E-state index is 12.9. The highest BCUT2D eigenvalue weighted by Gasteiger charge is 2.36. The summed E-state index contributed by atoms with van der Waals surface area (Å²) in [7, 11) is 1.67. The van der Waals surface area contributed by atoms with E-state index >= 15 is 0 Å². The lowest BCUT2D eigenvalue weighted by molar-refractivity contribution is -0.135. The first-order chi connectivity index (χ1) is 14.3. The third kappa shape index (κ3) is 3.87. The molecule has 1 atom stereocenters. The first kappa shape index (κ1) is 20.3. The molecule has 0 radical (unpaired) electrons. The maximum atomic E-state index is 12.9. The fraction of sp³-hybridized carbons (Fsp3) is 0.364. The second-order valence-corrected chi connectivity index (χ2v) is 8.91. The lowest BCUT2D eigenvalue weighted by Gasteiger charge is -2.21. The minimum atomic E-state index is -0.413. The van der Waals surface area contributed by atoms with Crippen molar-refractivity contribution in [1.82, 2.24) is 14.9 Å². The smallest absolute Gasteiger partial charge is 0.268 e. The summed E-state index contributed by atoms with van der Waals surface area (Å²) in [5.41, 5.74) is 2.46. The molecule has 1 aromatic carbocycles. The third-order valence-electron chi connectivity index (χ3n) is 5.47. The van der Waals surface area contributed by atoms with Gasteiger partial charge in [-0.1, -0.05) is 26.0 Å². The molecule has 7 nitrogen and oxygen atoms in total. The Morgan fingerprint density at radius 1 is 1.27 bits per heavy atom. The number of aromatic amines is 1. The highest BCUT2D eigenvalue weighted by atomic mass is 32.1. The number of fused-ring (bicyclic) bond motifs is 1. The van der Waals surface area contributed by atoms with Gasteiger partial charge >= 0.3 is 0 Å². The first-order valence-electron chi connectivity index (χ1n) is 9.95. The van der Waals surface area contributed by atoms with Crippen molar-refractivity contribution < 1.29 is 9.59 Å². The lowest BCUT2D eigenvalue weighted by Crippen LogP contribution is -2.35. The zero-order chi connectivity index (χ0) is 21.4. The number of H-pyrrole nitrogens is 1. The summed E-state index contributed by atoms with van der Waals surface area (Å²) < 4.78 is 0.577. The number of rotatable bonds is 5. The number of thiophene rings is 1. The second kappa shape index (κ2) is 8.02. The first-order valence-corrected chi connectivity index (χ1v) is 10.8. The van der Waals surface area contributed by atoms with Gasteiger partial charge in [-0.3, -0.25) is 14.4 Å². The van der Waals surface area contributed by atoms with Crippen LogP contribution in [0.5, 0.6) is 0 Å². The van der Waals surface area contributed by atoms with E-state index in [4.69, 9.17) is 0 Å². The molecule has 2 aromatic heterocycles. The van der Waals surface area contributed by atoms with Crippen LogP contribution in [0.3, 0.4) is 0 Å². The quantitative estimate of drug-likeness (QED) is 0.682. The Morgan fingerprint density at radius 3 is 2.70 bits per heavy atom. The summed E-state index contributed by atoms with van der Waals surface area (Å²) in [4.78, 5) is 48.0. The van der Waals surface area contributed by atoms with Crippen molar-refractivity contribution in [2.75, 3.05) is 18.5 Å². The molecule has 4 rings (SSSR count). The molecule has 1 N–H and O–H groups in total. The van der Waals surface area contributed by atoms with Crippen molar-refractivity contribution in [3.05, 3.63) is 57.5 Å². The molecular formula is C22H24N4O3S. The molecule has 3 heterocycles. The number of carbonyl (C=O) groups is 2. The van der Waals surface area contributed by atoms with Crippen LogP contribution in [-0.4, -0.2) is 40.3 Å². The average molecular weight is 425 g/mol. The fourth-order valence-corrected chi connectivity index (χ4v) is 4.50. The zero-order valence-electron chi connectivity index (χ0n) is 17.2. The summed E-state index contributed by atoms with van der Waals surface area (Å²) in [5.74, 6) is 0.267. The van der Waals surface area contributed by atoms with E-state index in [0.717, 1.165) is 5.69 Å². The van der Waals surface area contributed by atoms with Crippen LogP contribution in [0.4, 0.5) is 5.69 Å². The Morgan fingerprint density at radius 2 is 2.00 bits per heavy atom. The lowest BCUT2D eigenvalue weighted by atomic mass is 10.0. The summed E-state index contributed by atoms with van der Waals surface area (Å²) in [6, 6.07) is 9.72. The summed E-state index contributed by atoms with van der Waals surface area (Å²) in [5, 5.41) is 1.82. The van der Waals surface area contributed by atoms with Crippen LogP contribution in [0.1, 0.15) is 37.6 Å². The fourth-order valence-electron chi connectivity index (χ4n) is 3.77. The molecule has 0 spiro atoms. The molecule has 1 fully saturated rings.